The van der Waals surface area contributed by atoms with Crippen LogP contribution < -0.4 is 5.32 Å². The van der Waals surface area contributed by atoms with Crippen LogP contribution >= 0.6 is 0 Å². The molecule has 40 heavy (non-hydrogen) atoms. The van der Waals surface area contributed by atoms with Crippen LogP contribution in [-0.4, -0.2) is 57.7 Å². The number of aliphatic carboxylic acids is 1. The van der Waals surface area contributed by atoms with Crippen molar-refractivity contribution in [3.05, 3.63) is 77.9 Å². The van der Waals surface area contributed by atoms with Crippen molar-refractivity contribution in [3.8, 4) is 22.5 Å². The highest BCUT2D eigenvalue weighted by Crippen LogP contribution is 2.26. The van der Waals surface area contributed by atoms with E-state index in [9.17, 15) is 18.0 Å². The predicted molar refractivity (Wildman–Crippen MR) is 148 cm³/mol. The number of hydrogen-bond donors (Lipinski definition) is 3. The van der Waals surface area contributed by atoms with Gasteiger partial charge in [0.1, 0.15) is 5.82 Å². The standard InChI is InChI=1S/C28H30N4O.C2HF3O2/c1-20-5-2-6-25-27(20)31-28(30-25)24-14-12-23(13-15-24)22-10-8-21(9-11-22)19-29-16-4-18-32-17-3-7-26(32)33;3-2(4,5)1(6)7/h2,5-6,8-15,29H,3-4,7,16-19H2,1H3,(H,30,31);(H,6,7). The molecule has 0 radical (unpaired) electrons. The molecule has 5 rings (SSSR count). The normalized spacial score (nSPS) is 13.4. The van der Waals surface area contributed by atoms with Crippen molar-refractivity contribution in [2.24, 2.45) is 0 Å². The Bertz CT molecular complexity index is 1450. The maximum atomic E-state index is 11.6. The number of alkyl halides is 3. The molecule has 1 aliphatic rings. The number of hydrogen-bond acceptors (Lipinski definition) is 4. The van der Waals surface area contributed by atoms with Crippen molar-refractivity contribution < 1.29 is 27.9 Å². The summed E-state index contributed by atoms with van der Waals surface area (Å²) in [5.41, 5.74) is 8.05. The van der Waals surface area contributed by atoms with Gasteiger partial charge in [-0.25, -0.2) is 9.78 Å². The van der Waals surface area contributed by atoms with E-state index in [2.05, 4.69) is 84.0 Å². The highest BCUT2D eigenvalue weighted by molar-refractivity contribution is 5.82. The smallest absolute Gasteiger partial charge is 0.475 e. The first-order chi connectivity index (χ1) is 19.1. The second-order valence-electron chi connectivity index (χ2n) is 9.65. The van der Waals surface area contributed by atoms with Crippen LogP contribution in [0.3, 0.4) is 0 Å². The number of carbonyl (C=O) groups excluding carboxylic acids is 1. The van der Waals surface area contributed by atoms with E-state index in [0.717, 1.165) is 67.9 Å². The van der Waals surface area contributed by atoms with Crippen LogP contribution in [0.2, 0.25) is 0 Å². The van der Waals surface area contributed by atoms with Gasteiger partial charge in [0.15, 0.2) is 0 Å². The lowest BCUT2D eigenvalue weighted by molar-refractivity contribution is -0.192. The lowest BCUT2D eigenvalue weighted by Crippen LogP contribution is -2.28. The summed E-state index contributed by atoms with van der Waals surface area (Å²) < 4.78 is 31.7. The van der Waals surface area contributed by atoms with Crippen LogP contribution in [0.4, 0.5) is 13.2 Å². The summed E-state index contributed by atoms with van der Waals surface area (Å²) in [5, 5.41) is 10.6. The molecule has 0 aliphatic carbocycles. The van der Waals surface area contributed by atoms with Crippen LogP contribution in [0.1, 0.15) is 30.4 Å². The highest BCUT2D eigenvalue weighted by atomic mass is 19.4. The van der Waals surface area contributed by atoms with Crippen molar-refractivity contribution >= 4 is 22.9 Å². The number of fused-ring (bicyclic) bond motifs is 1. The van der Waals surface area contributed by atoms with E-state index in [-0.39, 0.29) is 0 Å². The molecule has 1 saturated heterocycles. The average molecular weight is 553 g/mol. The Morgan fingerprint density at radius 3 is 2.23 bits per heavy atom. The number of halogens is 3. The predicted octanol–water partition coefficient (Wildman–Crippen LogP) is 5.94. The number of benzene rings is 3. The minimum Gasteiger partial charge on any atom is -0.475 e. The molecule has 1 fully saturated rings. The van der Waals surface area contributed by atoms with Crippen molar-refractivity contribution in [3.63, 3.8) is 0 Å². The summed E-state index contributed by atoms with van der Waals surface area (Å²) >= 11 is 0. The Balaban J connectivity index is 0.000000470. The van der Waals surface area contributed by atoms with Gasteiger partial charge in [-0.3, -0.25) is 4.79 Å². The van der Waals surface area contributed by atoms with Crippen LogP contribution in [0.25, 0.3) is 33.5 Å². The van der Waals surface area contributed by atoms with Gasteiger partial charge in [-0.05, 0) is 54.6 Å². The van der Waals surface area contributed by atoms with Gasteiger partial charge in [-0.15, -0.1) is 0 Å². The topological polar surface area (TPSA) is 98.3 Å². The SMILES string of the molecule is Cc1cccc2[nH]c(-c3ccc(-c4ccc(CNCCCN5CCCC5=O)cc4)cc3)nc12.O=C(O)C(F)(F)F. The van der Waals surface area contributed by atoms with Crippen LogP contribution in [0.5, 0.6) is 0 Å². The zero-order valence-electron chi connectivity index (χ0n) is 22.1. The fraction of sp³-hybridized carbons (Fsp3) is 0.300. The summed E-state index contributed by atoms with van der Waals surface area (Å²) in [5.74, 6) is -1.54. The molecule has 0 atom stereocenters. The van der Waals surface area contributed by atoms with Gasteiger partial charge in [0.25, 0.3) is 0 Å². The fourth-order valence-corrected chi connectivity index (χ4v) is 4.52. The molecule has 10 heteroatoms. The minimum atomic E-state index is -5.08. The number of carbonyl (C=O) groups is 2. The number of carboxylic acid groups (broad SMARTS) is 1. The van der Waals surface area contributed by atoms with E-state index in [0.29, 0.717) is 5.91 Å². The summed E-state index contributed by atoms with van der Waals surface area (Å²) in [6.07, 6.45) is -2.34. The summed E-state index contributed by atoms with van der Waals surface area (Å²) in [7, 11) is 0. The van der Waals surface area contributed by atoms with Crippen LogP contribution in [0.15, 0.2) is 66.7 Å². The minimum absolute atomic E-state index is 0.311. The Hall–Kier alpha value is -4.18. The molecule has 0 unspecified atom stereocenters. The van der Waals surface area contributed by atoms with E-state index in [1.165, 1.54) is 22.3 Å². The van der Waals surface area contributed by atoms with Gasteiger partial charge < -0.3 is 20.3 Å². The summed E-state index contributed by atoms with van der Waals surface area (Å²) in [6.45, 7) is 5.66. The zero-order valence-corrected chi connectivity index (χ0v) is 22.1. The number of para-hydroxylation sites is 1. The summed E-state index contributed by atoms with van der Waals surface area (Å²) in [4.78, 5) is 30.7. The van der Waals surface area contributed by atoms with Crippen molar-refractivity contribution in [2.75, 3.05) is 19.6 Å². The molecular formula is C30H31F3N4O3. The third kappa shape index (κ3) is 7.47. The van der Waals surface area contributed by atoms with E-state index < -0.39 is 12.1 Å². The van der Waals surface area contributed by atoms with E-state index in [1.807, 2.05) is 4.90 Å². The molecule has 1 amide bonds. The number of rotatable bonds is 8. The number of aryl methyl sites for hydroxylation is 1. The summed E-state index contributed by atoms with van der Waals surface area (Å²) in [6, 6.07) is 23.5. The molecule has 0 spiro atoms. The number of aromatic amines is 1. The molecule has 3 aromatic carbocycles. The Labute approximate surface area is 230 Å². The number of aromatic nitrogens is 2. The first kappa shape index (κ1) is 28.8. The lowest BCUT2D eigenvalue weighted by atomic mass is 10.0. The van der Waals surface area contributed by atoms with Crippen molar-refractivity contribution in [1.82, 2.24) is 20.2 Å². The maximum Gasteiger partial charge on any atom is 0.490 e. The van der Waals surface area contributed by atoms with Crippen LogP contribution in [0, 0.1) is 6.92 Å². The van der Waals surface area contributed by atoms with E-state index >= 15 is 0 Å². The third-order valence-corrected chi connectivity index (χ3v) is 6.68. The number of H-pyrrole nitrogens is 1. The largest absolute Gasteiger partial charge is 0.490 e. The second-order valence-corrected chi connectivity index (χ2v) is 9.65. The molecule has 7 nitrogen and oxygen atoms in total. The van der Waals surface area contributed by atoms with E-state index in [1.54, 1.807) is 0 Å². The van der Waals surface area contributed by atoms with Crippen molar-refractivity contribution in [1.29, 1.82) is 0 Å². The lowest BCUT2D eigenvalue weighted by Gasteiger charge is -2.15. The quantitative estimate of drug-likeness (QED) is 0.235. The molecule has 1 aromatic heterocycles. The van der Waals surface area contributed by atoms with Gasteiger partial charge in [0.05, 0.1) is 11.0 Å². The van der Waals surface area contributed by atoms with E-state index in [4.69, 9.17) is 14.9 Å². The molecule has 1 aliphatic heterocycles. The first-order valence-corrected chi connectivity index (χ1v) is 13.1. The average Bonchev–Trinajstić information content (AvgIpc) is 3.56. The molecule has 210 valence electrons. The Morgan fingerprint density at radius 1 is 1.02 bits per heavy atom. The number of nitrogens with zero attached hydrogens (tertiary/aromatic N) is 2. The third-order valence-electron chi connectivity index (χ3n) is 6.68. The van der Waals surface area contributed by atoms with Gasteiger partial charge in [0.2, 0.25) is 5.91 Å². The maximum absolute atomic E-state index is 11.6. The Morgan fingerprint density at radius 2 is 1.65 bits per heavy atom. The number of carboxylic acids is 1. The molecule has 3 N–H and O–H groups in total. The number of nitrogens with one attached hydrogen (secondary N) is 2. The molecule has 4 aromatic rings. The first-order valence-electron chi connectivity index (χ1n) is 13.1. The number of amides is 1. The fourth-order valence-electron chi connectivity index (χ4n) is 4.52. The molecule has 2 heterocycles. The highest BCUT2D eigenvalue weighted by Gasteiger charge is 2.38. The molecule has 0 bridgehead atoms. The monoisotopic (exact) mass is 552 g/mol. The van der Waals surface area contributed by atoms with Crippen LogP contribution in [-0.2, 0) is 16.1 Å². The Kier molecular flexibility index (Phi) is 9.21. The zero-order chi connectivity index (χ0) is 28.7. The molecule has 0 saturated carbocycles. The second kappa shape index (κ2) is 12.8. The van der Waals surface area contributed by atoms with Gasteiger partial charge in [0, 0.05) is 31.6 Å². The van der Waals surface area contributed by atoms with Gasteiger partial charge >= 0.3 is 12.1 Å². The van der Waals surface area contributed by atoms with Gasteiger partial charge in [-0.1, -0.05) is 60.7 Å². The van der Waals surface area contributed by atoms with Crippen molar-refractivity contribution in [2.45, 2.75) is 38.9 Å². The number of likely N-dealkylation sites (tertiary alicyclic amines) is 1. The number of imidazole rings is 1. The molecular weight excluding hydrogens is 521 g/mol. The van der Waals surface area contributed by atoms with Gasteiger partial charge in [-0.2, -0.15) is 13.2 Å².